The number of hydrogen-bond acceptors (Lipinski definition) is 5. The van der Waals surface area contributed by atoms with Gasteiger partial charge in [-0.1, -0.05) is 24.1 Å². The summed E-state index contributed by atoms with van der Waals surface area (Å²) in [4.78, 5) is 30.8. The highest BCUT2D eigenvalue weighted by Crippen LogP contribution is 2.38. The number of carbonyl (C=O) groups excluding carboxylic acids is 2. The molecule has 1 aliphatic heterocycles. The maximum absolute atomic E-state index is 12.4. The predicted octanol–water partition coefficient (Wildman–Crippen LogP) is 3.11. The van der Waals surface area contributed by atoms with Gasteiger partial charge in [0.15, 0.2) is 5.69 Å². The third kappa shape index (κ3) is 4.04. The van der Waals surface area contributed by atoms with Crippen molar-refractivity contribution in [3.05, 3.63) is 53.0 Å². The molecule has 1 saturated carbocycles. The van der Waals surface area contributed by atoms with Crippen LogP contribution in [-0.4, -0.2) is 55.7 Å². The molecular formula is C25H26ClN7O2. The van der Waals surface area contributed by atoms with Crippen LogP contribution >= 0.6 is 11.6 Å². The lowest BCUT2D eigenvalue weighted by atomic mass is 10.1. The van der Waals surface area contributed by atoms with E-state index in [1.165, 1.54) is 6.08 Å². The number of nitrogens with one attached hydrogen (secondary N) is 1. The number of primary amides is 1. The smallest absolute Gasteiger partial charge is 0.255 e. The van der Waals surface area contributed by atoms with E-state index in [1.807, 2.05) is 25.4 Å². The molecule has 5 rings (SSSR count). The molecule has 2 atom stereocenters. The Morgan fingerprint density at radius 1 is 1.29 bits per heavy atom. The monoisotopic (exact) mass is 491 g/mol. The standard InChI is InChI=1S/C25H26ClN7O2/c1-4-22(34)31-12-17(9-14(31)2)33-25(28-3)23(24(27)35)19(30-33)8-5-15-10-20-21(11-18(15)26)32(13-29-20)16-6-7-16/h4,10-11,13-14,16-17,28H,1,6-7,9,12H2,2-3H3,(H2,27,35)/t14-,17+/m1/s1. The molecule has 0 bridgehead atoms. The van der Waals surface area contributed by atoms with Crippen molar-refractivity contribution in [1.82, 2.24) is 24.2 Å². The number of carbonyl (C=O) groups is 2. The maximum atomic E-state index is 12.4. The average molecular weight is 492 g/mol. The van der Waals surface area contributed by atoms with E-state index in [0.29, 0.717) is 35.4 Å². The summed E-state index contributed by atoms with van der Waals surface area (Å²) in [5, 5.41) is 8.18. The number of nitrogens with zero attached hydrogens (tertiary/aromatic N) is 5. The van der Waals surface area contributed by atoms with Gasteiger partial charge in [-0.15, -0.1) is 0 Å². The number of imidazole rings is 1. The van der Waals surface area contributed by atoms with E-state index in [4.69, 9.17) is 17.3 Å². The van der Waals surface area contributed by atoms with Crippen molar-refractivity contribution in [1.29, 1.82) is 0 Å². The number of nitrogens with two attached hydrogens (primary N) is 1. The van der Waals surface area contributed by atoms with E-state index in [0.717, 1.165) is 23.9 Å². The second kappa shape index (κ2) is 8.78. The van der Waals surface area contributed by atoms with Crippen molar-refractivity contribution in [2.75, 3.05) is 18.9 Å². The maximum Gasteiger partial charge on any atom is 0.255 e. The van der Waals surface area contributed by atoms with E-state index < -0.39 is 5.91 Å². The third-order valence-corrected chi connectivity index (χ3v) is 6.98. The number of fused-ring (bicyclic) bond motifs is 1. The minimum atomic E-state index is -0.639. The molecule has 10 heteroatoms. The highest BCUT2D eigenvalue weighted by molar-refractivity contribution is 6.32. The fourth-order valence-corrected chi connectivity index (χ4v) is 4.98. The van der Waals surface area contributed by atoms with Crippen LogP contribution in [0.3, 0.4) is 0 Å². The molecule has 2 aromatic heterocycles. The van der Waals surface area contributed by atoms with Crippen molar-refractivity contribution in [2.24, 2.45) is 5.73 Å². The van der Waals surface area contributed by atoms with Gasteiger partial charge in [-0.3, -0.25) is 9.59 Å². The molecule has 180 valence electrons. The molecule has 2 fully saturated rings. The van der Waals surface area contributed by atoms with Gasteiger partial charge in [-0.05, 0) is 50.3 Å². The number of anilines is 1. The summed E-state index contributed by atoms with van der Waals surface area (Å²) in [5.41, 5.74) is 8.57. The number of benzene rings is 1. The summed E-state index contributed by atoms with van der Waals surface area (Å²) >= 11 is 6.55. The first kappa shape index (κ1) is 23.0. The molecule has 1 aliphatic carbocycles. The number of aromatic nitrogens is 4. The van der Waals surface area contributed by atoms with Crippen LogP contribution < -0.4 is 11.1 Å². The van der Waals surface area contributed by atoms with Crippen LogP contribution in [0.5, 0.6) is 0 Å². The van der Waals surface area contributed by atoms with E-state index in [1.54, 1.807) is 16.6 Å². The quantitative estimate of drug-likeness (QED) is 0.421. The van der Waals surface area contributed by atoms with Gasteiger partial charge in [-0.2, -0.15) is 5.10 Å². The van der Waals surface area contributed by atoms with Gasteiger partial charge in [0.2, 0.25) is 5.91 Å². The second-order valence-electron chi connectivity index (χ2n) is 9.02. The van der Waals surface area contributed by atoms with Gasteiger partial charge >= 0.3 is 0 Å². The van der Waals surface area contributed by atoms with Crippen LogP contribution in [-0.2, 0) is 4.79 Å². The van der Waals surface area contributed by atoms with Crippen molar-refractivity contribution < 1.29 is 9.59 Å². The molecule has 1 aromatic carbocycles. The van der Waals surface area contributed by atoms with Gasteiger partial charge in [0.1, 0.15) is 11.4 Å². The molecule has 9 nitrogen and oxygen atoms in total. The topological polar surface area (TPSA) is 111 Å². The highest BCUT2D eigenvalue weighted by Gasteiger charge is 2.35. The molecule has 1 saturated heterocycles. The Balaban J connectivity index is 1.52. The summed E-state index contributed by atoms with van der Waals surface area (Å²) in [7, 11) is 1.70. The number of rotatable bonds is 5. The van der Waals surface area contributed by atoms with Gasteiger partial charge in [0, 0.05) is 31.2 Å². The molecule has 3 heterocycles. The van der Waals surface area contributed by atoms with Crippen LogP contribution in [0.15, 0.2) is 31.1 Å². The summed E-state index contributed by atoms with van der Waals surface area (Å²) in [6.45, 7) is 6.00. The molecule has 2 amide bonds. The zero-order valence-electron chi connectivity index (χ0n) is 19.6. The van der Waals surface area contributed by atoms with Crippen LogP contribution in [0.1, 0.15) is 59.9 Å². The van der Waals surface area contributed by atoms with Crippen molar-refractivity contribution >= 4 is 40.3 Å². The Labute approximate surface area is 207 Å². The van der Waals surface area contributed by atoms with E-state index in [2.05, 4.69) is 38.4 Å². The summed E-state index contributed by atoms with van der Waals surface area (Å²) in [6.07, 6.45) is 6.12. The van der Waals surface area contributed by atoms with Crippen LogP contribution in [0.2, 0.25) is 5.02 Å². The normalized spacial score (nSPS) is 19.5. The fourth-order valence-electron chi connectivity index (χ4n) is 4.78. The first-order valence-electron chi connectivity index (χ1n) is 11.5. The molecule has 0 radical (unpaired) electrons. The number of amides is 2. The van der Waals surface area contributed by atoms with Crippen molar-refractivity contribution in [3.8, 4) is 11.8 Å². The minimum absolute atomic E-state index is 0.00643. The van der Waals surface area contributed by atoms with Gasteiger partial charge in [0.05, 0.1) is 28.4 Å². The summed E-state index contributed by atoms with van der Waals surface area (Å²) in [5.74, 6) is 5.74. The molecule has 0 spiro atoms. The minimum Gasteiger partial charge on any atom is -0.373 e. The van der Waals surface area contributed by atoms with E-state index >= 15 is 0 Å². The summed E-state index contributed by atoms with van der Waals surface area (Å²) < 4.78 is 3.85. The zero-order valence-corrected chi connectivity index (χ0v) is 20.3. The molecule has 2 aliphatic rings. The number of likely N-dealkylation sites (tertiary alicyclic amines) is 1. The Morgan fingerprint density at radius 2 is 2.06 bits per heavy atom. The molecule has 3 N–H and O–H groups in total. The number of hydrogen-bond donors (Lipinski definition) is 2. The Bertz CT molecular complexity index is 1420. The SMILES string of the molecule is C=CC(=O)N1C[C@@H](n2nc(C#Cc3cc4ncn(C5CC5)c4cc3Cl)c(C(N)=O)c2NC)C[C@H]1C. The van der Waals surface area contributed by atoms with Gasteiger partial charge in [0.25, 0.3) is 5.91 Å². The lowest BCUT2D eigenvalue weighted by Crippen LogP contribution is -2.32. The third-order valence-electron chi connectivity index (χ3n) is 6.67. The van der Waals surface area contributed by atoms with E-state index in [9.17, 15) is 9.59 Å². The zero-order chi connectivity index (χ0) is 24.9. The Kier molecular flexibility index (Phi) is 5.77. The lowest BCUT2D eigenvalue weighted by molar-refractivity contribution is -0.126. The van der Waals surface area contributed by atoms with Gasteiger partial charge < -0.3 is 20.5 Å². The summed E-state index contributed by atoms with van der Waals surface area (Å²) in [6, 6.07) is 4.08. The van der Waals surface area contributed by atoms with E-state index in [-0.39, 0.29) is 29.2 Å². The molecule has 35 heavy (non-hydrogen) atoms. The van der Waals surface area contributed by atoms with Crippen LogP contribution in [0, 0.1) is 11.8 Å². The molecule has 0 unspecified atom stereocenters. The molecule has 3 aromatic rings. The van der Waals surface area contributed by atoms with Crippen molar-refractivity contribution in [2.45, 2.75) is 44.3 Å². The largest absolute Gasteiger partial charge is 0.373 e. The van der Waals surface area contributed by atoms with Crippen LogP contribution in [0.25, 0.3) is 11.0 Å². The first-order chi connectivity index (χ1) is 16.8. The second-order valence-corrected chi connectivity index (χ2v) is 9.43. The lowest BCUT2D eigenvalue weighted by Gasteiger charge is -2.19. The Morgan fingerprint density at radius 3 is 2.71 bits per heavy atom. The Hall–Kier alpha value is -3.77. The first-order valence-corrected chi connectivity index (χ1v) is 11.9. The van der Waals surface area contributed by atoms with Gasteiger partial charge in [-0.25, -0.2) is 9.67 Å². The predicted molar refractivity (Wildman–Crippen MR) is 134 cm³/mol. The highest BCUT2D eigenvalue weighted by atomic mass is 35.5. The number of halogens is 1. The molecular weight excluding hydrogens is 466 g/mol. The fraction of sp³-hybridized carbons (Fsp3) is 0.360. The van der Waals surface area contributed by atoms with Crippen molar-refractivity contribution in [3.63, 3.8) is 0 Å². The average Bonchev–Trinajstić information content (AvgIpc) is 3.31. The van der Waals surface area contributed by atoms with Crippen LogP contribution in [0.4, 0.5) is 5.82 Å².